The molecule has 0 aromatic heterocycles. The number of benzene rings is 2. The van der Waals surface area contributed by atoms with Gasteiger partial charge in [-0.2, -0.15) is 15.8 Å². The lowest BCUT2D eigenvalue weighted by atomic mass is 9.95. The fourth-order valence-electron chi connectivity index (χ4n) is 2.97. The van der Waals surface area contributed by atoms with E-state index < -0.39 is 0 Å². The molecule has 0 amide bonds. The Hall–Kier alpha value is -3.55. The van der Waals surface area contributed by atoms with E-state index in [-0.39, 0.29) is 11.3 Å². The average molecular weight is 324 g/mol. The van der Waals surface area contributed by atoms with Crippen LogP contribution in [0.1, 0.15) is 22.3 Å². The Balaban J connectivity index is 1.99. The SMILES string of the molecule is N#CC(C#N)=C(C#N)Nc1cc2ccc1CCc1ccc(cc1)CC2. The predicted octanol–water partition coefficient (Wildman–Crippen LogP) is 3.81. The van der Waals surface area contributed by atoms with Crippen LogP contribution in [0.25, 0.3) is 0 Å². The number of hydrogen-bond acceptors (Lipinski definition) is 4. The first-order chi connectivity index (χ1) is 12.2. The molecule has 1 N–H and O–H groups in total. The Morgan fingerprint density at radius 3 is 1.88 bits per heavy atom. The van der Waals surface area contributed by atoms with Gasteiger partial charge in [-0.15, -0.1) is 0 Å². The molecule has 0 heterocycles. The van der Waals surface area contributed by atoms with Crippen molar-refractivity contribution in [2.24, 2.45) is 0 Å². The molecule has 2 aromatic rings. The summed E-state index contributed by atoms with van der Waals surface area (Å²) in [5, 5.41) is 30.3. The zero-order chi connectivity index (χ0) is 17.6. The molecular formula is C21H16N4. The van der Waals surface area contributed by atoms with E-state index in [0.29, 0.717) is 0 Å². The van der Waals surface area contributed by atoms with Gasteiger partial charge < -0.3 is 5.32 Å². The quantitative estimate of drug-likeness (QED) is 0.851. The van der Waals surface area contributed by atoms with Crippen molar-refractivity contribution in [3.8, 4) is 18.2 Å². The lowest BCUT2D eigenvalue weighted by Gasteiger charge is -2.15. The number of nitriles is 3. The number of nitrogens with zero attached hydrogens (tertiary/aromatic N) is 3. The third-order valence-corrected chi connectivity index (χ3v) is 4.43. The summed E-state index contributed by atoms with van der Waals surface area (Å²) in [6.07, 6.45) is 3.54. The third-order valence-electron chi connectivity index (χ3n) is 4.43. The van der Waals surface area contributed by atoms with Crippen LogP contribution in [0.4, 0.5) is 5.69 Å². The van der Waals surface area contributed by atoms with E-state index in [1.807, 2.05) is 12.1 Å². The third kappa shape index (κ3) is 3.69. The molecule has 0 unspecified atom stereocenters. The summed E-state index contributed by atoms with van der Waals surface area (Å²) in [5.74, 6) is 0. The highest BCUT2D eigenvalue weighted by Gasteiger charge is 2.11. The van der Waals surface area contributed by atoms with Crippen molar-refractivity contribution < 1.29 is 0 Å². The summed E-state index contributed by atoms with van der Waals surface area (Å²) < 4.78 is 0. The maximum atomic E-state index is 9.29. The number of nitrogens with one attached hydrogen (secondary N) is 1. The van der Waals surface area contributed by atoms with Gasteiger partial charge in [-0.1, -0.05) is 36.4 Å². The highest BCUT2D eigenvalue weighted by atomic mass is 14.9. The van der Waals surface area contributed by atoms with Crippen LogP contribution >= 0.6 is 0 Å². The topological polar surface area (TPSA) is 83.4 Å². The summed E-state index contributed by atoms with van der Waals surface area (Å²) in [4.78, 5) is 0. The standard InChI is InChI=1S/C21H16N4/c22-12-19(13-23)21(14-24)25-20-11-17-6-5-15-1-3-16(4-2-15)7-9-18(20)10-8-17/h1-4,8,10-11,25H,5-7,9H2. The van der Waals surface area contributed by atoms with Crippen LogP contribution in [0.15, 0.2) is 53.7 Å². The molecular weight excluding hydrogens is 308 g/mol. The van der Waals surface area contributed by atoms with Crippen molar-refractivity contribution in [1.82, 2.24) is 0 Å². The van der Waals surface area contributed by atoms with Gasteiger partial charge in [-0.3, -0.25) is 0 Å². The highest BCUT2D eigenvalue weighted by Crippen LogP contribution is 2.24. The lowest BCUT2D eigenvalue weighted by Crippen LogP contribution is -2.06. The molecule has 0 fully saturated rings. The van der Waals surface area contributed by atoms with Crippen molar-refractivity contribution in [1.29, 1.82) is 15.8 Å². The highest BCUT2D eigenvalue weighted by molar-refractivity contribution is 5.62. The van der Waals surface area contributed by atoms with E-state index in [4.69, 9.17) is 10.5 Å². The Kier molecular flexibility index (Phi) is 4.79. The van der Waals surface area contributed by atoms with E-state index in [2.05, 4.69) is 41.7 Å². The van der Waals surface area contributed by atoms with Gasteiger partial charge in [0.05, 0.1) is 0 Å². The number of anilines is 1. The normalized spacial score (nSPS) is 12.0. The molecule has 0 spiro atoms. The van der Waals surface area contributed by atoms with Crippen LogP contribution in [-0.2, 0) is 25.7 Å². The molecule has 2 aromatic carbocycles. The molecule has 25 heavy (non-hydrogen) atoms. The minimum absolute atomic E-state index is 0.00108. The molecule has 4 aliphatic rings. The van der Waals surface area contributed by atoms with Gasteiger partial charge in [0, 0.05) is 5.69 Å². The number of hydrogen-bond donors (Lipinski definition) is 1. The number of rotatable bonds is 2. The maximum Gasteiger partial charge on any atom is 0.163 e. The molecule has 0 saturated carbocycles. The first kappa shape index (κ1) is 16.3. The Bertz CT molecular complexity index is 931. The van der Waals surface area contributed by atoms with Crippen LogP contribution in [0.5, 0.6) is 0 Å². The molecule has 6 rings (SSSR count). The van der Waals surface area contributed by atoms with Gasteiger partial charge in [0.15, 0.2) is 5.57 Å². The van der Waals surface area contributed by atoms with E-state index in [0.717, 1.165) is 42.5 Å². The van der Waals surface area contributed by atoms with Crippen LogP contribution in [0.2, 0.25) is 0 Å². The Labute approximate surface area is 147 Å². The summed E-state index contributed by atoms with van der Waals surface area (Å²) >= 11 is 0. The van der Waals surface area contributed by atoms with Gasteiger partial charge in [-0.05, 0) is 54.0 Å². The zero-order valence-corrected chi connectivity index (χ0v) is 13.7. The molecule has 0 aliphatic heterocycles. The minimum Gasteiger partial charge on any atom is -0.345 e. The van der Waals surface area contributed by atoms with Crippen LogP contribution < -0.4 is 5.32 Å². The van der Waals surface area contributed by atoms with Crippen molar-refractivity contribution in [3.05, 3.63) is 76.0 Å². The fraction of sp³-hybridized carbons (Fsp3) is 0.190. The Morgan fingerprint density at radius 2 is 1.28 bits per heavy atom. The summed E-state index contributed by atoms with van der Waals surface area (Å²) in [6.45, 7) is 0. The largest absolute Gasteiger partial charge is 0.345 e. The van der Waals surface area contributed by atoms with Crippen molar-refractivity contribution >= 4 is 5.69 Å². The smallest absolute Gasteiger partial charge is 0.163 e. The van der Waals surface area contributed by atoms with Gasteiger partial charge in [-0.25, -0.2) is 0 Å². The first-order valence-corrected chi connectivity index (χ1v) is 8.14. The molecule has 0 atom stereocenters. The number of aryl methyl sites for hydroxylation is 4. The summed E-state index contributed by atoms with van der Waals surface area (Å²) in [5.41, 5.74) is 5.39. The molecule has 4 nitrogen and oxygen atoms in total. The number of allylic oxidation sites excluding steroid dienone is 2. The summed E-state index contributed by atoms with van der Waals surface area (Å²) in [6, 6.07) is 20.4. The second kappa shape index (κ2) is 7.35. The second-order valence-electron chi connectivity index (χ2n) is 6.02. The van der Waals surface area contributed by atoms with Crippen molar-refractivity contribution in [2.75, 3.05) is 5.32 Å². The summed E-state index contributed by atoms with van der Waals surface area (Å²) in [7, 11) is 0. The monoisotopic (exact) mass is 324 g/mol. The maximum absolute atomic E-state index is 9.29. The van der Waals surface area contributed by atoms with E-state index >= 15 is 0 Å². The minimum atomic E-state index is -0.199. The van der Waals surface area contributed by atoms with Crippen molar-refractivity contribution in [2.45, 2.75) is 25.7 Å². The Morgan fingerprint density at radius 1 is 0.720 bits per heavy atom. The molecule has 0 radical (unpaired) electrons. The second-order valence-corrected chi connectivity index (χ2v) is 6.02. The van der Waals surface area contributed by atoms with Gasteiger partial charge in [0.2, 0.25) is 0 Å². The predicted molar refractivity (Wildman–Crippen MR) is 95.2 cm³/mol. The molecule has 4 aliphatic carbocycles. The van der Waals surface area contributed by atoms with Gasteiger partial charge in [0.25, 0.3) is 0 Å². The molecule has 120 valence electrons. The molecule has 0 saturated heterocycles. The van der Waals surface area contributed by atoms with E-state index in [1.165, 1.54) is 11.1 Å². The zero-order valence-electron chi connectivity index (χ0n) is 13.7. The van der Waals surface area contributed by atoms with Crippen molar-refractivity contribution in [3.63, 3.8) is 0 Å². The molecule has 4 bridgehead atoms. The van der Waals surface area contributed by atoms with Crippen LogP contribution in [0, 0.1) is 34.0 Å². The van der Waals surface area contributed by atoms with E-state index in [9.17, 15) is 5.26 Å². The van der Waals surface area contributed by atoms with Gasteiger partial charge in [0.1, 0.15) is 23.9 Å². The van der Waals surface area contributed by atoms with E-state index in [1.54, 1.807) is 12.1 Å². The van der Waals surface area contributed by atoms with Crippen LogP contribution in [-0.4, -0.2) is 0 Å². The average Bonchev–Trinajstić information content (AvgIpc) is 2.64. The first-order valence-electron chi connectivity index (χ1n) is 8.14. The lowest BCUT2D eigenvalue weighted by molar-refractivity contribution is 0.922. The van der Waals surface area contributed by atoms with Crippen LogP contribution in [0.3, 0.4) is 0 Å². The molecule has 4 heteroatoms. The fourth-order valence-corrected chi connectivity index (χ4v) is 2.97. The van der Waals surface area contributed by atoms with Gasteiger partial charge >= 0.3 is 0 Å².